The summed E-state index contributed by atoms with van der Waals surface area (Å²) in [5.41, 5.74) is 1.66. The molecule has 1 aromatic rings. The molecule has 0 heterocycles. The van der Waals surface area contributed by atoms with Gasteiger partial charge in [0.1, 0.15) is 0 Å². The number of benzene rings is 1. The Balaban J connectivity index is 3.08. The van der Waals surface area contributed by atoms with Crippen LogP contribution in [0.2, 0.25) is 0 Å². The van der Waals surface area contributed by atoms with Gasteiger partial charge in [0.25, 0.3) is 0 Å². The Morgan fingerprint density at radius 3 is 2.75 bits per heavy atom. The standard InChI is InChI=1S/C12H12BrNO2/c1-8(12(15)16)6-11(14-2)9-4-3-5-10(13)7-9/h3-7,14H,1H2,2H3,(H,15,16)/b11-6-. The van der Waals surface area contributed by atoms with Crippen molar-refractivity contribution >= 4 is 27.6 Å². The van der Waals surface area contributed by atoms with E-state index >= 15 is 0 Å². The predicted octanol–water partition coefficient (Wildman–Crippen LogP) is 2.65. The molecule has 0 unspecified atom stereocenters. The van der Waals surface area contributed by atoms with Crippen LogP contribution in [0.1, 0.15) is 5.56 Å². The Morgan fingerprint density at radius 1 is 1.56 bits per heavy atom. The van der Waals surface area contributed by atoms with E-state index in [9.17, 15) is 4.79 Å². The van der Waals surface area contributed by atoms with Gasteiger partial charge in [-0.05, 0) is 23.8 Å². The molecule has 0 aliphatic heterocycles. The lowest BCUT2D eigenvalue weighted by Gasteiger charge is -2.07. The van der Waals surface area contributed by atoms with Crippen LogP contribution >= 0.6 is 15.9 Å². The summed E-state index contributed by atoms with van der Waals surface area (Å²) in [5, 5.41) is 11.7. The Morgan fingerprint density at radius 2 is 2.25 bits per heavy atom. The number of carbonyl (C=O) groups is 1. The van der Waals surface area contributed by atoms with Crippen molar-refractivity contribution in [2.45, 2.75) is 0 Å². The third-order valence-corrected chi connectivity index (χ3v) is 2.49. The van der Waals surface area contributed by atoms with Crippen molar-refractivity contribution in [3.05, 3.63) is 52.5 Å². The van der Waals surface area contributed by atoms with Gasteiger partial charge in [-0.3, -0.25) is 0 Å². The van der Waals surface area contributed by atoms with Crippen LogP contribution in [-0.2, 0) is 4.79 Å². The maximum Gasteiger partial charge on any atom is 0.335 e. The van der Waals surface area contributed by atoms with Crippen molar-refractivity contribution < 1.29 is 9.90 Å². The Bertz CT molecular complexity index is 452. The second kappa shape index (κ2) is 5.51. The first-order valence-electron chi connectivity index (χ1n) is 4.62. The molecule has 0 spiro atoms. The van der Waals surface area contributed by atoms with E-state index in [0.29, 0.717) is 5.70 Å². The molecule has 3 nitrogen and oxygen atoms in total. The largest absolute Gasteiger partial charge is 0.478 e. The molecule has 1 rings (SSSR count). The van der Waals surface area contributed by atoms with Gasteiger partial charge in [-0.15, -0.1) is 0 Å². The van der Waals surface area contributed by atoms with Crippen LogP contribution in [0.25, 0.3) is 5.70 Å². The highest BCUT2D eigenvalue weighted by atomic mass is 79.9. The molecule has 84 valence electrons. The molecular weight excluding hydrogens is 270 g/mol. The summed E-state index contributed by atoms with van der Waals surface area (Å²) in [6.45, 7) is 3.46. The predicted molar refractivity (Wildman–Crippen MR) is 68.0 cm³/mol. The highest BCUT2D eigenvalue weighted by Gasteiger charge is 2.04. The van der Waals surface area contributed by atoms with Crippen LogP contribution in [0.3, 0.4) is 0 Å². The molecular formula is C12H12BrNO2. The van der Waals surface area contributed by atoms with Gasteiger partial charge in [0.2, 0.25) is 0 Å². The van der Waals surface area contributed by atoms with Gasteiger partial charge in [0, 0.05) is 17.2 Å². The molecule has 0 amide bonds. The van der Waals surface area contributed by atoms with Crippen molar-refractivity contribution in [1.82, 2.24) is 5.32 Å². The topological polar surface area (TPSA) is 49.3 Å². The summed E-state index contributed by atoms with van der Waals surface area (Å²) in [5.74, 6) is -1.03. The molecule has 0 aliphatic carbocycles. The number of hydrogen-bond acceptors (Lipinski definition) is 2. The number of carboxylic acid groups (broad SMARTS) is 1. The zero-order chi connectivity index (χ0) is 12.1. The fraction of sp³-hybridized carbons (Fsp3) is 0.0833. The smallest absolute Gasteiger partial charge is 0.335 e. The van der Waals surface area contributed by atoms with Gasteiger partial charge in [-0.25, -0.2) is 4.79 Å². The van der Waals surface area contributed by atoms with Crippen molar-refractivity contribution in [1.29, 1.82) is 0 Å². The normalized spacial score (nSPS) is 11.0. The lowest BCUT2D eigenvalue weighted by molar-refractivity contribution is -0.132. The first-order chi connectivity index (χ1) is 7.54. The summed E-state index contributed by atoms with van der Waals surface area (Å²) in [6.07, 6.45) is 1.50. The fourth-order valence-corrected chi connectivity index (χ4v) is 1.59. The molecule has 0 saturated heterocycles. The van der Waals surface area contributed by atoms with Crippen LogP contribution in [0.15, 0.2) is 47.0 Å². The maximum atomic E-state index is 10.7. The van der Waals surface area contributed by atoms with Gasteiger partial charge < -0.3 is 10.4 Å². The van der Waals surface area contributed by atoms with E-state index < -0.39 is 5.97 Å². The van der Waals surface area contributed by atoms with Crippen molar-refractivity contribution in [3.63, 3.8) is 0 Å². The van der Waals surface area contributed by atoms with Gasteiger partial charge in [0.05, 0.1) is 5.57 Å². The first-order valence-corrected chi connectivity index (χ1v) is 5.41. The van der Waals surface area contributed by atoms with Gasteiger partial charge in [0.15, 0.2) is 0 Å². The van der Waals surface area contributed by atoms with Crippen LogP contribution in [-0.4, -0.2) is 18.1 Å². The average Bonchev–Trinajstić information content (AvgIpc) is 2.25. The van der Waals surface area contributed by atoms with Crippen LogP contribution in [0.5, 0.6) is 0 Å². The molecule has 16 heavy (non-hydrogen) atoms. The second-order valence-electron chi connectivity index (χ2n) is 3.15. The van der Waals surface area contributed by atoms with Gasteiger partial charge in [-0.2, -0.15) is 0 Å². The molecule has 0 saturated carbocycles. The summed E-state index contributed by atoms with van der Waals surface area (Å²) in [6, 6.07) is 7.58. The van der Waals surface area contributed by atoms with E-state index in [-0.39, 0.29) is 5.57 Å². The van der Waals surface area contributed by atoms with E-state index in [2.05, 4.69) is 27.8 Å². The number of rotatable bonds is 4. The minimum atomic E-state index is -1.03. The minimum absolute atomic E-state index is 0.0457. The van der Waals surface area contributed by atoms with Gasteiger partial charge in [-0.1, -0.05) is 34.6 Å². The van der Waals surface area contributed by atoms with Crippen molar-refractivity contribution in [2.24, 2.45) is 0 Å². The number of hydrogen-bond donors (Lipinski definition) is 2. The van der Waals surface area contributed by atoms with E-state index in [0.717, 1.165) is 10.0 Å². The summed E-state index contributed by atoms with van der Waals surface area (Å²) in [7, 11) is 1.74. The molecule has 1 aromatic carbocycles. The Labute approximate surface area is 103 Å². The SMILES string of the molecule is C=C(/C=C(\NC)c1cccc(Br)c1)C(=O)O. The number of halogens is 1. The maximum absolute atomic E-state index is 10.7. The summed E-state index contributed by atoms with van der Waals surface area (Å²) >= 11 is 3.36. The van der Waals surface area contributed by atoms with Crippen molar-refractivity contribution in [2.75, 3.05) is 7.05 Å². The van der Waals surface area contributed by atoms with E-state index in [1.165, 1.54) is 6.08 Å². The number of aliphatic carboxylic acids is 1. The quantitative estimate of drug-likeness (QED) is 0.659. The third-order valence-electron chi connectivity index (χ3n) is 2.00. The molecule has 0 atom stereocenters. The average molecular weight is 282 g/mol. The third kappa shape index (κ3) is 3.24. The number of carboxylic acids is 1. The highest BCUT2D eigenvalue weighted by molar-refractivity contribution is 9.10. The van der Waals surface area contributed by atoms with E-state index in [1.807, 2.05) is 24.3 Å². The van der Waals surface area contributed by atoms with Gasteiger partial charge >= 0.3 is 5.97 Å². The molecule has 0 radical (unpaired) electrons. The molecule has 2 N–H and O–H groups in total. The zero-order valence-electron chi connectivity index (χ0n) is 8.83. The number of nitrogens with one attached hydrogen (secondary N) is 1. The molecule has 0 aliphatic rings. The fourth-order valence-electron chi connectivity index (χ4n) is 1.19. The lowest BCUT2D eigenvalue weighted by atomic mass is 10.1. The summed E-state index contributed by atoms with van der Waals surface area (Å²) < 4.78 is 0.937. The molecule has 0 aromatic heterocycles. The van der Waals surface area contributed by atoms with E-state index in [1.54, 1.807) is 7.05 Å². The molecule has 0 bridgehead atoms. The lowest BCUT2D eigenvalue weighted by Crippen LogP contribution is -2.07. The second-order valence-corrected chi connectivity index (χ2v) is 4.06. The minimum Gasteiger partial charge on any atom is -0.478 e. The Hall–Kier alpha value is -1.55. The monoisotopic (exact) mass is 281 g/mol. The van der Waals surface area contributed by atoms with E-state index in [4.69, 9.17) is 5.11 Å². The van der Waals surface area contributed by atoms with Crippen molar-refractivity contribution in [3.8, 4) is 0 Å². The zero-order valence-corrected chi connectivity index (χ0v) is 10.4. The first kappa shape index (κ1) is 12.5. The molecule has 0 fully saturated rings. The Kier molecular flexibility index (Phi) is 4.31. The highest BCUT2D eigenvalue weighted by Crippen LogP contribution is 2.18. The van der Waals surface area contributed by atoms with Crippen LogP contribution < -0.4 is 5.32 Å². The molecule has 4 heteroatoms. The van der Waals surface area contributed by atoms with Crippen LogP contribution in [0.4, 0.5) is 0 Å². The summed E-state index contributed by atoms with van der Waals surface area (Å²) in [4.78, 5) is 10.7. The van der Waals surface area contributed by atoms with Crippen LogP contribution in [0, 0.1) is 0 Å².